The van der Waals surface area contributed by atoms with Gasteiger partial charge in [0.05, 0.1) is 12.7 Å². The first kappa shape index (κ1) is 13.2. The van der Waals surface area contributed by atoms with Gasteiger partial charge in [-0.3, -0.25) is 0 Å². The van der Waals surface area contributed by atoms with Gasteiger partial charge in [-0.1, -0.05) is 24.3 Å². The van der Waals surface area contributed by atoms with Crippen molar-refractivity contribution in [2.24, 2.45) is 0 Å². The summed E-state index contributed by atoms with van der Waals surface area (Å²) >= 11 is 0. The number of anilines is 1. The Morgan fingerprint density at radius 1 is 1.14 bits per heavy atom. The second-order valence-electron chi connectivity index (χ2n) is 4.75. The van der Waals surface area contributed by atoms with Crippen LogP contribution in [0.5, 0.6) is 0 Å². The molecule has 1 aromatic heterocycles. The van der Waals surface area contributed by atoms with Crippen molar-refractivity contribution in [3.8, 4) is 0 Å². The van der Waals surface area contributed by atoms with Crippen LogP contribution in [0.4, 0.5) is 5.69 Å². The summed E-state index contributed by atoms with van der Waals surface area (Å²) in [7, 11) is 1.39. The zero-order valence-corrected chi connectivity index (χ0v) is 11.7. The standard InChI is InChI=1S/C17H16N2O2/c1-21-17(20)14-6-2-3-7-16(14)19-11-12-5-4-8-15-13(12)9-10-18-15/h2-10,18-19H,11H2,1H3. The molecule has 4 nitrogen and oxygen atoms in total. The van der Waals surface area contributed by atoms with E-state index in [2.05, 4.69) is 22.4 Å². The number of rotatable bonds is 4. The Labute approximate surface area is 122 Å². The van der Waals surface area contributed by atoms with Crippen LogP contribution in [0.3, 0.4) is 0 Å². The number of aromatic amines is 1. The molecule has 0 radical (unpaired) electrons. The van der Waals surface area contributed by atoms with Crippen molar-refractivity contribution in [3.63, 3.8) is 0 Å². The molecule has 0 fully saturated rings. The monoisotopic (exact) mass is 280 g/mol. The Morgan fingerprint density at radius 3 is 2.86 bits per heavy atom. The number of carbonyl (C=O) groups is 1. The largest absolute Gasteiger partial charge is 0.465 e. The van der Waals surface area contributed by atoms with Crippen molar-refractivity contribution in [1.29, 1.82) is 0 Å². The van der Waals surface area contributed by atoms with Crippen LogP contribution < -0.4 is 5.32 Å². The van der Waals surface area contributed by atoms with Gasteiger partial charge in [-0.15, -0.1) is 0 Å². The van der Waals surface area contributed by atoms with E-state index in [1.807, 2.05) is 36.5 Å². The summed E-state index contributed by atoms with van der Waals surface area (Å²) in [5.74, 6) is -0.335. The molecular formula is C17H16N2O2. The zero-order chi connectivity index (χ0) is 14.7. The molecule has 2 N–H and O–H groups in total. The Morgan fingerprint density at radius 2 is 2.00 bits per heavy atom. The smallest absolute Gasteiger partial charge is 0.339 e. The molecule has 3 rings (SSSR count). The molecule has 0 aliphatic carbocycles. The highest BCUT2D eigenvalue weighted by Crippen LogP contribution is 2.21. The van der Waals surface area contributed by atoms with Crippen LogP contribution in [0.25, 0.3) is 10.9 Å². The van der Waals surface area contributed by atoms with E-state index >= 15 is 0 Å². The van der Waals surface area contributed by atoms with Gasteiger partial charge in [0.1, 0.15) is 0 Å². The molecule has 0 unspecified atom stereocenters. The van der Waals surface area contributed by atoms with Gasteiger partial charge in [0, 0.05) is 29.3 Å². The van der Waals surface area contributed by atoms with E-state index in [1.165, 1.54) is 18.1 Å². The van der Waals surface area contributed by atoms with Crippen LogP contribution in [0.2, 0.25) is 0 Å². The average Bonchev–Trinajstić information content (AvgIpc) is 3.01. The predicted octanol–water partition coefficient (Wildman–Crippen LogP) is 3.57. The minimum absolute atomic E-state index is 0.335. The molecular weight excluding hydrogens is 264 g/mol. The first-order chi connectivity index (χ1) is 10.3. The lowest BCUT2D eigenvalue weighted by atomic mass is 10.1. The molecule has 2 aromatic carbocycles. The molecule has 0 saturated carbocycles. The topological polar surface area (TPSA) is 54.1 Å². The quantitative estimate of drug-likeness (QED) is 0.718. The fraction of sp³-hybridized carbons (Fsp3) is 0.118. The average molecular weight is 280 g/mol. The van der Waals surface area contributed by atoms with E-state index in [1.54, 1.807) is 6.07 Å². The fourth-order valence-corrected chi connectivity index (χ4v) is 2.42. The summed E-state index contributed by atoms with van der Waals surface area (Å²) in [5.41, 5.74) is 3.60. The number of benzene rings is 2. The Balaban J connectivity index is 1.85. The van der Waals surface area contributed by atoms with Gasteiger partial charge in [-0.2, -0.15) is 0 Å². The second-order valence-corrected chi connectivity index (χ2v) is 4.75. The number of hydrogen-bond acceptors (Lipinski definition) is 3. The van der Waals surface area contributed by atoms with Crippen LogP contribution in [0.1, 0.15) is 15.9 Å². The van der Waals surface area contributed by atoms with Crippen molar-refractivity contribution in [2.45, 2.75) is 6.54 Å². The minimum atomic E-state index is -0.335. The maximum atomic E-state index is 11.7. The van der Waals surface area contributed by atoms with E-state index in [9.17, 15) is 4.79 Å². The van der Waals surface area contributed by atoms with E-state index in [4.69, 9.17) is 4.74 Å². The van der Waals surface area contributed by atoms with Gasteiger partial charge < -0.3 is 15.0 Å². The Hall–Kier alpha value is -2.75. The third kappa shape index (κ3) is 2.60. The summed E-state index contributed by atoms with van der Waals surface area (Å²) in [6.07, 6.45) is 1.93. The normalized spacial score (nSPS) is 10.5. The first-order valence-electron chi connectivity index (χ1n) is 6.76. The molecule has 0 amide bonds. The lowest BCUT2D eigenvalue weighted by molar-refractivity contribution is 0.0602. The van der Waals surface area contributed by atoms with Gasteiger partial charge in [0.25, 0.3) is 0 Å². The lowest BCUT2D eigenvalue weighted by Crippen LogP contribution is -2.08. The Kier molecular flexibility index (Phi) is 3.60. The van der Waals surface area contributed by atoms with E-state index in [0.29, 0.717) is 12.1 Å². The minimum Gasteiger partial charge on any atom is -0.465 e. The molecule has 21 heavy (non-hydrogen) atoms. The Bertz CT molecular complexity index is 777. The summed E-state index contributed by atoms with van der Waals surface area (Å²) < 4.78 is 4.80. The molecule has 0 aliphatic rings. The molecule has 0 atom stereocenters. The van der Waals surface area contributed by atoms with Crippen molar-refractivity contribution in [3.05, 3.63) is 65.9 Å². The number of nitrogens with one attached hydrogen (secondary N) is 2. The number of esters is 1. The maximum absolute atomic E-state index is 11.7. The van der Waals surface area contributed by atoms with Crippen LogP contribution in [-0.2, 0) is 11.3 Å². The second kappa shape index (κ2) is 5.71. The molecule has 0 bridgehead atoms. The highest BCUT2D eigenvalue weighted by atomic mass is 16.5. The molecule has 4 heteroatoms. The van der Waals surface area contributed by atoms with Crippen molar-refractivity contribution in [1.82, 2.24) is 4.98 Å². The highest BCUT2D eigenvalue weighted by Gasteiger charge is 2.11. The first-order valence-corrected chi connectivity index (χ1v) is 6.76. The van der Waals surface area contributed by atoms with Crippen LogP contribution in [0, 0.1) is 0 Å². The van der Waals surface area contributed by atoms with Crippen molar-refractivity contribution < 1.29 is 9.53 Å². The van der Waals surface area contributed by atoms with E-state index < -0.39 is 0 Å². The number of H-pyrrole nitrogens is 1. The SMILES string of the molecule is COC(=O)c1ccccc1NCc1cccc2[nH]ccc12. The summed E-state index contributed by atoms with van der Waals surface area (Å²) in [5, 5.41) is 4.49. The number of fused-ring (bicyclic) bond motifs is 1. The summed E-state index contributed by atoms with van der Waals surface area (Å²) in [6.45, 7) is 0.642. The molecule has 1 heterocycles. The number of carbonyl (C=O) groups excluding carboxylic acids is 1. The maximum Gasteiger partial charge on any atom is 0.339 e. The fourth-order valence-electron chi connectivity index (χ4n) is 2.42. The molecule has 106 valence electrons. The van der Waals surface area contributed by atoms with Gasteiger partial charge in [0.15, 0.2) is 0 Å². The number of para-hydroxylation sites is 1. The van der Waals surface area contributed by atoms with Gasteiger partial charge >= 0.3 is 5.97 Å². The van der Waals surface area contributed by atoms with Crippen molar-refractivity contribution in [2.75, 3.05) is 12.4 Å². The third-order valence-electron chi connectivity index (χ3n) is 3.49. The van der Waals surface area contributed by atoms with Gasteiger partial charge in [-0.05, 0) is 29.8 Å². The van der Waals surface area contributed by atoms with Crippen LogP contribution >= 0.6 is 0 Å². The third-order valence-corrected chi connectivity index (χ3v) is 3.49. The molecule has 3 aromatic rings. The van der Waals surface area contributed by atoms with Crippen LogP contribution in [-0.4, -0.2) is 18.1 Å². The lowest BCUT2D eigenvalue weighted by Gasteiger charge is -2.11. The van der Waals surface area contributed by atoms with Crippen molar-refractivity contribution >= 4 is 22.6 Å². The summed E-state index contributed by atoms with van der Waals surface area (Å²) in [4.78, 5) is 14.9. The van der Waals surface area contributed by atoms with E-state index in [-0.39, 0.29) is 5.97 Å². The zero-order valence-electron chi connectivity index (χ0n) is 11.7. The number of ether oxygens (including phenoxy) is 1. The number of hydrogen-bond donors (Lipinski definition) is 2. The summed E-state index contributed by atoms with van der Waals surface area (Å²) in [6, 6.07) is 15.5. The number of methoxy groups -OCH3 is 1. The predicted molar refractivity (Wildman–Crippen MR) is 83.4 cm³/mol. The number of aromatic nitrogens is 1. The van der Waals surface area contributed by atoms with Gasteiger partial charge in [0.2, 0.25) is 0 Å². The van der Waals surface area contributed by atoms with Gasteiger partial charge in [-0.25, -0.2) is 4.79 Å². The van der Waals surface area contributed by atoms with E-state index in [0.717, 1.165) is 11.2 Å². The molecule has 0 spiro atoms. The van der Waals surface area contributed by atoms with Crippen LogP contribution in [0.15, 0.2) is 54.7 Å². The highest BCUT2D eigenvalue weighted by molar-refractivity contribution is 5.95. The molecule has 0 saturated heterocycles. The molecule has 0 aliphatic heterocycles.